The molecule has 6 nitrogen and oxygen atoms in total. The number of ketones is 1. The van der Waals surface area contributed by atoms with Crippen molar-refractivity contribution in [2.75, 3.05) is 19.8 Å². The highest BCUT2D eigenvalue weighted by atomic mass is 16.5. The summed E-state index contributed by atoms with van der Waals surface area (Å²) in [6.45, 7) is 9.82. The predicted molar refractivity (Wildman–Crippen MR) is 150 cm³/mol. The van der Waals surface area contributed by atoms with Gasteiger partial charge in [-0.05, 0) is 47.5 Å². The van der Waals surface area contributed by atoms with Crippen molar-refractivity contribution >= 4 is 33.3 Å². The number of hydrogen-bond donors (Lipinski definition) is 0. The van der Waals surface area contributed by atoms with E-state index in [1.54, 1.807) is 26.0 Å². The van der Waals surface area contributed by atoms with Gasteiger partial charge in [0.2, 0.25) is 0 Å². The maximum atomic E-state index is 13.7. The summed E-state index contributed by atoms with van der Waals surface area (Å²) in [4.78, 5) is 26.7. The quantitative estimate of drug-likeness (QED) is 0.276. The van der Waals surface area contributed by atoms with Gasteiger partial charge in [-0.2, -0.15) is 0 Å². The molecule has 202 valence electrons. The summed E-state index contributed by atoms with van der Waals surface area (Å²) >= 11 is 0. The number of ether oxygens (including phenoxy) is 3. The number of carbonyl (C=O) groups excluding carboxylic acids is 2. The van der Waals surface area contributed by atoms with Crippen molar-refractivity contribution < 1.29 is 28.9 Å². The Kier molecular flexibility index (Phi) is 6.75. The van der Waals surface area contributed by atoms with Gasteiger partial charge >= 0.3 is 5.97 Å². The third-order valence-corrected chi connectivity index (χ3v) is 7.08. The number of fused-ring (bicyclic) bond motifs is 7. The first-order valence-corrected chi connectivity index (χ1v) is 13.2. The van der Waals surface area contributed by atoms with Gasteiger partial charge in [0.1, 0.15) is 29.5 Å². The Bertz CT molecular complexity index is 1590. The van der Waals surface area contributed by atoms with Crippen LogP contribution in [0.2, 0.25) is 0 Å². The molecule has 5 rings (SSSR count). The van der Waals surface area contributed by atoms with E-state index in [4.69, 9.17) is 14.2 Å². The number of esters is 1. The highest BCUT2D eigenvalue weighted by Gasteiger charge is 2.37. The number of benzene rings is 4. The molecule has 4 aromatic rings. The molecule has 0 saturated heterocycles. The molecule has 0 amide bonds. The van der Waals surface area contributed by atoms with E-state index in [2.05, 4.69) is 0 Å². The zero-order valence-electron chi connectivity index (χ0n) is 23.1. The Balaban J connectivity index is 1.72. The summed E-state index contributed by atoms with van der Waals surface area (Å²) in [5, 5.41) is 15.7. The lowest BCUT2D eigenvalue weighted by Gasteiger charge is -2.30. The topological polar surface area (TPSA) is 84.9 Å². The van der Waals surface area contributed by atoms with Crippen LogP contribution in [-0.2, 0) is 9.53 Å². The van der Waals surface area contributed by atoms with Crippen LogP contribution in [0.25, 0.3) is 32.7 Å². The van der Waals surface area contributed by atoms with E-state index in [1.165, 1.54) is 12.1 Å². The molecule has 0 fully saturated rings. The molecular formula is C33H33O6-. The summed E-state index contributed by atoms with van der Waals surface area (Å²) in [6, 6.07) is 18.4. The second-order valence-electron chi connectivity index (χ2n) is 11.8. The number of rotatable bonds is 4. The van der Waals surface area contributed by atoms with Gasteiger partial charge in [-0.1, -0.05) is 69.3 Å². The van der Waals surface area contributed by atoms with E-state index in [0.29, 0.717) is 42.1 Å². The van der Waals surface area contributed by atoms with Crippen molar-refractivity contribution in [1.82, 2.24) is 0 Å². The standard InChI is InChI=1S/C33H34O6/c1-32(2,3)31(36)33(4,5)19-39-30(35)25-18-21-17-22(34)12-13-24(21)28-27-23-10-7-6-9-20(23)11-14-26(27)37-15-8-16-38-29(25)28/h6-7,9-14,17-18,34H,8,15-16,19H2,1-5H3/p-1. The number of hydrogen-bond acceptors (Lipinski definition) is 6. The number of Topliss-reactive ketones (excluding diaryl/α,β-unsaturated/α-hetero) is 1. The first-order chi connectivity index (χ1) is 18.5. The predicted octanol–water partition coefficient (Wildman–Crippen LogP) is 6.69. The summed E-state index contributed by atoms with van der Waals surface area (Å²) < 4.78 is 18.3. The van der Waals surface area contributed by atoms with E-state index in [0.717, 1.165) is 21.7 Å². The minimum Gasteiger partial charge on any atom is -0.872 e. The minimum absolute atomic E-state index is 0.00194. The van der Waals surface area contributed by atoms with Crippen LogP contribution < -0.4 is 14.6 Å². The Morgan fingerprint density at radius 2 is 1.56 bits per heavy atom. The zero-order valence-corrected chi connectivity index (χ0v) is 23.1. The smallest absolute Gasteiger partial charge is 0.341 e. The highest BCUT2D eigenvalue weighted by molar-refractivity contribution is 6.13. The third kappa shape index (κ3) is 5.03. The number of carbonyl (C=O) groups is 2. The molecule has 6 heteroatoms. The molecule has 0 saturated carbocycles. The molecule has 0 aliphatic carbocycles. The van der Waals surface area contributed by atoms with Crippen molar-refractivity contribution in [1.29, 1.82) is 0 Å². The SMILES string of the molecule is CC(C)(C)C(=O)C(C)(C)COC(=O)c1cc2cc([O-])ccc2c2c1OCCCOc1ccc3ccccc3c1-2. The van der Waals surface area contributed by atoms with Crippen LogP contribution in [0.1, 0.15) is 51.4 Å². The summed E-state index contributed by atoms with van der Waals surface area (Å²) in [7, 11) is 0. The summed E-state index contributed by atoms with van der Waals surface area (Å²) in [6.07, 6.45) is 0.616. The van der Waals surface area contributed by atoms with Gasteiger partial charge in [0.15, 0.2) is 0 Å². The lowest BCUT2D eigenvalue weighted by molar-refractivity contribution is -0.268. The normalized spacial score (nSPS) is 13.8. The van der Waals surface area contributed by atoms with Crippen LogP contribution in [0, 0.1) is 10.8 Å². The van der Waals surface area contributed by atoms with Crippen molar-refractivity contribution in [3.05, 3.63) is 66.2 Å². The van der Waals surface area contributed by atoms with E-state index in [9.17, 15) is 14.7 Å². The van der Waals surface area contributed by atoms with Gasteiger partial charge in [0.25, 0.3) is 0 Å². The molecule has 0 bridgehead atoms. The van der Waals surface area contributed by atoms with Gasteiger partial charge in [0, 0.05) is 23.0 Å². The molecule has 0 unspecified atom stereocenters. The maximum Gasteiger partial charge on any atom is 0.341 e. The highest BCUT2D eigenvalue weighted by Crippen LogP contribution is 2.48. The Morgan fingerprint density at radius 1 is 0.846 bits per heavy atom. The Labute approximate surface area is 228 Å². The second-order valence-corrected chi connectivity index (χ2v) is 11.8. The second kappa shape index (κ2) is 9.92. The maximum absolute atomic E-state index is 13.7. The van der Waals surface area contributed by atoms with Gasteiger partial charge in [0.05, 0.1) is 18.6 Å². The van der Waals surface area contributed by atoms with Crippen LogP contribution in [0.4, 0.5) is 0 Å². The van der Waals surface area contributed by atoms with Crippen molar-refractivity contribution in [2.45, 2.75) is 41.0 Å². The largest absolute Gasteiger partial charge is 0.872 e. The third-order valence-electron chi connectivity index (χ3n) is 7.08. The molecule has 4 aromatic carbocycles. The molecule has 0 spiro atoms. The van der Waals surface area contributed by atoms with Crippen LogP contribution in [0.3, 0.4) is 0 Å². The average molecular weight is 526 g/mol. The fraction of sp³-hybridized carbons (Fsp3) is 0.333. The Hall–Kier alpha value is -4.06. The van der Waals surface area contributed by atoms with E-state index >= 15 is 0 Å². The van der Waals surface area contributed by atoms with Crippen LogP contribution >= 0.6 is 0 Å². The first-order valence-electron chi connectivity index (χ1n) is 13.2. The Morgan fingerprint density at radius 3 is 2.33 bits per heavy atom. The molecule has 1 heterocycles. The molecule has 0 radical (unpaired) electrons. The van der Waals surface area contributed by atoms with Crippen LogP contribution in [0.5, 0.6) is 17.2 Å². The molecule has 0 atom stereocenters. The zero-order chi connectivity index (χ0) is 27.9. The molecule has 1 aliphatic heterocycles. The van der Waals surface area contributed by atoms with Crippen molar-refractivity contribution in [2.24, 2.45) is 10.8 Å². The van der Waals surface area contributed by atoms with Crippen molar-refractivity contribution in [3.63, 3.8) is 0 Å². The molecule has 0 N–H and O–H groups in total. The van der Waals surface area contributed by atoms with Gasteiger partial charge < -0.3 is 19.3 Å². The molecule has 1 aliphatic rings. The van der Waals surface area contributed by atoms with E-state index in [-0.39, 0.29) is 23.7 Å². The fourth-order valence-electron chi connectivity index (χ4n) is 5.37. The van der Waals surface area contributed by atoms with E-state index in [1.807, 2.05) is 57.2 Å². The summed E-state index contributed by atoms with van der Waals surface area (Å²) in [5.74, 6) is 0.278. The van der Waals surface area contributed by atoms with Crippen LogP contribution in [0.15, 0.2) is 60.7 Å². The first kappa shape index (κ1) is 26.5. The molecule has 0 aromatic heterocycles. The minimum atomic E-state index is -0.879. The summed E-state index contributed by atoms with van der Waals surface area (Å²) in [5.41, 5.74) is 0.230. The molecule has 39 heavy (non-hydrogen) atoms. The van der Waals surface area contributed by atoms with Gasteiger partial charge in [-0.15, -0.1) is 5.75 Å². The van der Waals surface area contributed by atoms with Gasteiger partial charge in [-0.3, -0.25) is 4.79 Å². The lowest BCUT2D eigenvalue weighted by Crippen LogP contribution is -2.38. The average Bonchev–Trinajstić information content (AvgIpc) is 2.99. The fourth-order valence-corrected chi connectivity index (χ4v) is 5.37. The molecular weight excluding hydrogens is 492 g/mol. The van der Waals surface area contributed by atoms with E-state index < -0.39 is 16.8 Å². The van der Waals surface area contributed by atoms with Gasteiger partial charge in [-0.25, -0.2) is 4.79 Å². The monoisotopic (exact) mass is 525 g/mol. The van der Waals surface area contributed by atoms with Crippen molar-refractivity contribution in [3.8, 4) is 28.4 Å². The lowest BCUT2D eigenvalue weighted by atomic mass is 9.75. The van der Waals surface area contributed by atoms with Crippen LogP contribution in [-0.4, -0.2) is 31.6 Å².